The summed E-state index contributed by atoms with van der Waals surface area (Å²) in [7, 11) is 2.05. The van der Waals surface area contributed by atoms with Gasteiger partial charge in [-0.05, 0) is 18.2 Å². The summed E-state index contributed by atoms with van der Waals surface area (Å²) in [5.41, 5.74) is 8.55. The molecule has 58 valence electrons. The summed E-state index contributed by atoms with van der Waals surface area (Å²) < 4.78 is 0. The van der Waals surface area contributed by atoms with E-state index < -0.39 is 0 Å². The number of fused-ring (bicyclic) bond motifs is 1. The van der Waals surface area contributed by atoms with E-state index in [0.29, 0.717) is 0 Å². The van der Waals surface area contributed by atoms with E-state index in [1.165, 1.54) is 11.1 Å². The molecule has 2 rings (SSSR count). The van der Waals surface area contributed by atoms with Crippen molar-refractivity contribution in [2.75, 3.05) is 7.05 Å². The van der Waals surface area contributed by atoms with Crippen LogP contribution >= 0.6 is 0 Å². The Hall–Kier alpha value is -0.860. The summed E-state index contributed by atoms with van der Waals surface area (Å²) in [6.07, 6.45) is 0.103. The predicted molar refractivity (Wildman–Crippen MR) is 44.8 cm³/mol. The third kappa shape index (κ3) is 0.951. The van der Waals surface area contributed by atoms with Gasteiger partial charge < -0.3 is 5.73 Å². The van der Waals surface area contributed by atoms with Crippen molar-refractivity contribution < 1.29 is 0 Å². The Kier molecular flexibility index (Phi) is 1.44. The number of rotatable bonds is 0. The molecular weight excluding hydrogens is 136 g/mol. The van der Waals surface area contributed by atoms with Gasteiger partial charge in [-0.1, -0.05) is 24.3 Å². The van der Waals surface area contributed by atoms with Crippen molar-refractivity contribution in [3.63, 3.8) is 0 Å². The molecule has 0 saturated heterocycles. The van der Waals surface area contributed by atoms with Crippen LogP contribution in [0.25, 0.3) is 0 Å². The van der Waals surface area contributed by atoms with Crippen molar-refractivity contribution in [3.8, 4) is 0 Å². The smallest absolute Gasteiger partial charge is 0.0839 e. The van der Waals surface area contributed by atoms with E-state index in [9.17, 15) is 0 Å². The lowest BCUT2D eigenvalue weighted by molar-refractivity contribution is 0.275. The standard InChI is InChI=1S/C9H12N2/c1-11-6-7-4-2-3-5-8(7)9(11)10/h2-5,9H,6,10H2,1H3. The predicted octanol–water partition coefficient (Wildman–Crippen LogP) is 1.09. The average molecular weight is 148 g/mol. The van der Waals surface area contributed by atoms with Crippen molar-refractivity contribution in [2.24, 2.45) is 5.73 Å². The Morgan fingerprint density at radius 1 is 1.45 bits per heavy atom. The molecule has 0 saturated carbocycles. The quantitative estimate of drug-likeness (QED) is 0.596. The Balaban J connectivity index is 2.47. The first kappa shape index (κ1) is 6.83. The summed E-state index contributed by atoms with van der Waals surface area (Å²) in [5, 5.41) is 0. The second kappa shape index (κ2) is 2.32. The van der Waals surface area contributed by atoms with Gasteiger partial charge in [0.1, 0.15) is 0 Å². The van der Waals surface area contributed by atoms with Gasteiger partial charge in [-0.15, -0.1) is 0 Å². The lowest BCUT2D eigenvalue weighted by Crippen LogP contribution is -2.23. The second-order valence-corrected chi connectivity index (χ2v) is 3.06. The number of nitrogens with zero attached hydrogens (tertiary/aromatic N) is 1. The van der Waals surface area contributed by atoms with Crippen LogP contribution in [-0.2, 0) is 6.54 Å². The molecule has 1 aliphatic rings. The van der Waals surface area contributed by atoms with Crippen LogP contribution in [0.5, 0.6) is 0 Å². The highest BCUT2D eigenvalue weighted by Crippen LogP contribution is 2.27. The number of benzene rings is 1. The van der Waals surface area contributed by atoms with E-state index in [1.807, 2.05) is 13.1 Å². The molecule has 0 fully saturated rings. The lowest BCUT2D eigenvalue weighted by atomic mass is 10.1. The number of nitrogens with two attached hydrogens (primary N) is 1. The van der Waals surface area contributed by atoms with Gasteiger partial charge in [0, 0.05) is 6.54 Å². The largest absolute Gasteiger partial charge is 0.312 e. The molecule has 2 N–H and O–H groups in total. The van der Waals surface area contributed by atoms with E-state index in [4.69, 9.17) is 5.73 Å². The third-order valence-corrected chi connectivity index (χ3v) is 2.27. The molecule has 1 heterocycles. The van der Waals surface area contributed by atoms with Crippen molar-refractivity contribution >= 4 is 0 Å². The molecule has 1 aromatic carbocycles. The minimum atomic E-state index is 0.103. The van der Waals surface area contributed by atoms with Crippen molar-refractivity contribution in [1.82, 2.24) is 4.90 Å². The maximum Gasteiger partial charge on any atom is 0.0839 e. The summed E-state index contributed by atoms with van der Waals surface area (Å²) in [6.45, 7) is 0.983. The van der Waals surface area contributed by atoms with Gasteiger partial charge in [-0.3, -0.25) is 4.90 Å². The number of hydrogen-bond acceptors (Lipinski definition) is 2. The highest BCUT2D eigenvalue weighted by molar-refractivity contribution is 5.32. The SMILES string of the molecule is CN1Cc2ccccc2C1N. The van der Waals surface area contributed by atoms with E-state index in [0.717, 1.165) is 6.54 Å². The zero-order valence-electron chi connectivity index (χ0n) is 6.62. The number of hydrogen-bond donors (Lipinski definition) is 1. The third-order valence-electron chi connectivity index (χ3n) is 2.27. The first-order chi connectivity index (χ1) is 5.29. The van der Waals surface area contributed by atoms with Crippen molar-refractivity contribution in [2.45, 2.75) is 12.7 Å². The maximum atomic E-state index is 5.92. The van der Waals surface area contributed by atoms with Crippen LogP contribution in [0.15, 0.2) is 24.3 Å². The van der Waals surface area contributed by atoms with Gasteiger partial charge in [0.2, 0.25) is 0 Å². The summed E-state index contributed by atoms with van der Waals surface area (Å²) in [4.78, 5) is 2.14. The fraction of sp³-hybridized carbons (Fsp3) is 0.333. The normalized spacial score (nSPS) is 23.6. The fourth-order valence-corrected chi connectivity index (χ4v) is 1.57. The zero-order valence-corrected chi connectivity index (χ0v) is 6.62. The van der Waals surface area contributed by atoms with Crippen LogP contribution in [-0.4, -0.2) is 11.9 Å². The van der Waals surface area contributed by atoms with E-state index >= 15 is 0 Å². The maximum absolute atomic E-state index is 5.92. The molecule has 2 heteroatoms. The minimum Gasteiger partial charge on any atom is -0.312 e. The zero-order chi connectivity index (χ0) is 7.84. The van der Waals surface area contributed by atoms with Gasteiger partial charge in [0.05, 0.1) is 6.17 Å². The molecule has 0 radical (unpaired) electrons. The first-order valence-electron chi connectivity index (χ1n) is 3.82. The molecule has 0 aliphatic carbocycles. The topological polar surface area (TPSA) is 29.3 Å². The molecule has 0 bridgehead atoms. The van der Waals surface area contributed by atoms with Gasteiger partial charge in [-0.2, -0.15) is 0 Å². The molecule has 1 unspecified atom stereocenters. The lowest BCUT2D eigenvalue weighted by Gasteiger charge is -2.13. The molecule has 11 heavy (non-hydrogen) atoms. The average Bonchev–Trinajstić information content (AvgIpc) is 2.30. The summed E-state index contributed by atoms with van der Waals surface area (Å²) >= 11 is 0. The molecule has 2 nitrogen and oxygen atoms in total. The van der Waals surface area contributed by atoms with Crippen LogP contribution in [0, 0.1) is 0 Å². The van der Waals surface area contributed by atoms with Crippen LogP contribution in [0.4, 0.5) is 0 Å². The van der Waals surface area contributed by atoms with Crippen LogP contribution in [0.1, 0.15) is 17.3 Å². The molecule has 0 aromatic heterocycles. The summed E-state index contributed by atoms with van der Waals surface area (Å²) in [5.74, 6) is 0. The van der Waals surface area contributed by atoms with Gasteiger partial charge in [0.15, 0.2) is 0 Å². The molecular formula is C9H12N2. The van der Waals surface area contributed by atoms with Gasteiger partial charge in [0.25, 0.3) is 0 Å². The first-order valence-corrected chi connectivity index (χ1v) is 3.82. The molecule has 1 aliphatic heterocycles. The van der Waals surface area contributed by atoms with E-state index in [2.05, 4.69) is 23.1 Å². The van der Waals surface area contributed by atoms with Crippen LogP contribution < -0.4 is 5.73 Å². The summed E-state index contributed by atoms with van der Waals surface area (Å²) in [6, 6.07) is 8.34. The molecule has 1 atom stereocenters. The fourth-order valence-electron chi connectivity index (χ4n) is 1.57. The van der Waals surface area contributed by atoms with Crippen LogP contribution in [0.2, 0.25) is 0 Å². The van der Waals surface area contributed by atoms with Crippen LogP contribution in [0.3, 0.4) is 0 Å². The van der Waals surface area contributed by atoms with Gasteiger partial charge in [-0.25, -0.2) is 0 Å². The van der Waals surface area contributed by atoms with Gasteiger partial charge >= 0.3 is 0 Å². The molecule has 1 aromatic rings. The Morgan fingerprint density at radius 2 is 2.18 bits per heavy atom. The minimum absolute atomic E-state index is 0.103. The Labute approximate surface area is 66.6 Å². The van der Waals surface area contributed by atoms with Crippen molar-refractivity contribution in [1.29, 1.82) is 0 Å². The Bertz CT molecular complexity index is 270. The second-order valence-electron chi connectivity index (χ2n) is 3.06. The highest BCUT2D eigenvalue weighted by atomic mass is 15.2. The molecule has 0 spiro atoms. The van der Waals surface area contributed by atoms with E-state index in [-0.39, 0.29) is 6.17 Å². The Morgan fingerprint density at radius 3 is 2.91 bits per heavy atom. The highest BCUT2D eigenvalue weighted by Gasteiger charge is 2.22. The monoisotopic (exact) mass is 148 g/mol. The molecule has 0 amide bonds. The van der Waals surface area contributed by atoms with E-state index in [1.54, 1.807) is 0 Å². The van der Waals surface area contributed by atoms with Crippen molar-refractivity contribution in [3.05, 3.63) is 35.4 Å².